The van der Waals surface area contributed by atoms with Crippen molar-refractivity contribution in [2.75, 3.05) is 6.61 Å². The number of terminal acetylenes is 1. The lowest BCUT2D eigenvalue weighted by Gasteiger charge is -2.11. The first kappa shape index (κ1) is 31.6. The zero-order valence-corrected chi connectivity index (χ0v) is 20.1. The van der Waals surface area contributed by atoms with Crippen molar-refractivity contribution in [2.24, 2.45) is 11.7 Å². The third-order valence-electron chi connectivity index (χ3n) is 3.73. The van der Waals surface area contributed by atoms with Gasteiger partial charge in [0.15, 0.2) is 0 Å². The molecule has 0 saturated heterocycles. The van der Waals surface area contributed by atoms with Gasteiger partial charge in [-0.05, 0) is 60.3 Å². The summed E-state index contributed by atoms with van der Waals surface area (Å²) < 4.78 is 4.81. The molecule has 0 aliphatic heterocycles. The molecule has 3 heteroatoms. The Bertz CT molecular complexity index is 546. The van der Waals surface area contributed by atoms with E-state index in [9.17, 15) is 4.79 Å². The van der Waals surface area contributed by atoms with Crippen molar-refractivity contribution in [1.82, 2.24) is 0 Å². The standard InChI is InChI=1S/C13H18.C8H17NO2.C3H4.C2H6/c1-3-12(2)8-7-11-13-9-5-4-6-10-13;1-4-11-8(10)6(2)5-7(3)9;1-3-2;1-2/h3-5,7-9H,6,10-11H2,1-2H3;6-7H,4-5,9H2,1-3H3;1H,2H3;1-2H3/b8-7-,12-3-;;;/t;6-,7?;;/m.1../s1. The predicted octanol–water partition coefficient (Wildman–Crippen LogP) is 6.76. The minimum Gasteiger partial charge on any atom is -0.466 e. The van der Waals surface area contributed by atoms with Gasteiger partial charge in [0.2, 0.25) is 0 Å². The van der Waals surface area contributed by atoms with Gasteiger partial charge in [0.05, 0.1) is 12.5 Å². The largest absolute Gasteiger partial charge is 0.466 e. The Morgan fingerprint density at radius 2 is 1.97 bits per heavy atom. The lowest BCUT2D eigenvalue weighted by molar-refractivity contribution is -0.147. The molecule has 0 aromatic heterocycles. The Morgan fingerprint density at radius 1 is 1.38 bits per heavy atom. The molecule has 2 atom stereocenters. The fourth-order valence-electron chi connectivity index (χ4n) is 2.25. The maximum Gasteiger partial charge on any atom is 0.308 e. The third kappa shape index (κ3) is 23.9. The topological polar surface area (TPSA) is 52.3 Å². The van der Waals surface area contributed by atoms with Crippen LogP contribution in [-0.2, 0) is 9.53 Å². The van der Waals surface area contributed by atoms with Gasteiger partial charge in [-0.3, -0.25) is 4.79 Å². The van der Waals surface area contributed by atoms with Crippen LogP contribution in [0.2, 0.25) is 0 Å². The van der Waals surface area contributed by atoms with Crippen LogP contribution in [0.1, 0.15) is 81.1 Å². The van der Waals surface area contributed by atoms with Gasteiger partial charge in [-0.25, -0.2) is 0 Å². The van der Waals surface area contributed by atoms with E-state index >= 15 is 0 Å². The highest BCUT2D eigenvalue weighted by molar-refractivity contribution is 5.71. The van der Waals surface area contributed by atoms with Crippen LogP contribution < -0.4 is 5.73 Å². The van der Waals surface area contributed by atoms with E-state index in [2.05, 4.69) is 62.6 Å². The minimum atomic E-state index is -0.148. The zero-order chi connectivity index (χ0) is 23.1. The number of rotatable bonds is 7. The van der Waals surface area contributed by atoms with E-state index < -0.39 is 0 Å². The second kappa shape index (κ2) is 24.0. The maximum absolute atomic E-state index is 11.0. The third-order valence-corrected chi connectivity index (χ3v) is 3.73. The van der Waals surface area contributed by atoms with E-state index in [0.29, 0.717) is 13.0 Å². The Morgan fingerprint density at radius 3 is 2.38 bits per heavy atom. The molecule has 0 aromatic rings. The van der Waals surface area contributed by atoms with Crippen molar-refractivity contribution in [3.05, 3.63) is 47.6 Å². The number of carbonyl (C=O) groups excluding carboxylic acids is 1. The highest BCUT2D eigenvalue weighted by Gasteiger charge is 2.14. The molecule has 0 bridgehead atoms. The highest BCUT2D eigenvalue weighted by atomic mass is 16.5. The Kier molecular flexibility index (Phi) is 26.2. The average Bonchev–Trinajstić information content (AvgIpc) is 2.71. The Hall–Kier alpha value is -2.05. The van der Waals surface area contributed by atoms with E-state index in [0.717, 1.165) is 6.42 Å². The van der Waals surface area contributed by atoms with Crippen LogP contribution in [-0.4, -0.2) is 18.6 Å². The molecule has 0 amide bonds. The summed E-state index contributed by atoms with van der Waals surface area (Å²) in [6.45, 7) is 15.8. The second-order valence-electron chi connectivity index (χ2n) is 6.59. The van der Waals surface area contributed by atoms with Crippen molar-refractivity contribution < 1.29 is 9.53 Å². The molecule has 0 radical (unpaired) electrons. The smallest absolute Gasteiger partial charge is 0.308 e. The fraction of sp³-hybridized carbons (Fsp3) is 0.577. The van der Waals surface area contributed by atoms with Gasteiger partial charge in [0, 0.05) is 6.04 Å². The number of esters is 1. The van der Waals surface area contributed by atoms with Crippen LogP contribution in [0.5, 0.6) is 0 Å². The molecule has 0 aromatic carbocycles. The van der Waals surface area contributed by atoms with E-state index in [-0.39, 0.29) is 17.9 Å². The van der Waals surface area contributed by atoms with Crippen molar-refractivity contribution in [3.8, 4) is 12.3 Å². The van der Waals surface area contributed by atoms with E-state index in [4.69, 9.17) is 10.5 Å². The van der Waals surface area contributed by atoms with Crippen LogP contribution in [0, 0.1) is 18.3 Å². The van der Waals surface area contributed by atoms with Crippen LogP contribution in [0.25, 0.3) is 0 Å². The van der Waals surface area contributed by atoms with E-state index in [1.54, 1.807) is 19.4 Å². The molecule has 1 unspecified atom stereocenters. The molecule has 3 nitrogen and oxygen atoms in total. The molecule has 29 heavy (non-hydrogen) atoms. The van der Waals surface area contributed by atoms with Gasteiger partial charge in [-0.1, -0.05) is 68.4 Å². The Labute approximate surface area is 181 Å². The van der Waals surface area contributed by atoms with Gasteiger partial charge in [-0.2, -0.15) is 0 Å². The summed E-state index contributed by atoms with van der Waals surface area (Å²) in [6.07, 6.45) is 22.0. The number of ether oxygens (including phenoxy) is 1. The lowest BCUT2D eigenvalue weighted by Crippen LogP contribution is -2.24. The number of nitrogens with two attached hydrogens (primary N) is 1. The monoisotopic (exact) mass is 403 g/mol. The molecule has 1 aliphatic carbocycles. The van der Waals surface area contributed by atoms with Crippen LogP contribution in [0.15, 0.2) is 47.6 Å². The fourth-order valence-corrected chi connectivity index (χ4v) is 2.25. The van der Waals surface area contributed by atoms with Gasteiger partial charge >= 0.3 is 5.97 Å². The summed E-state index contributed by atoms with van der Waals surface area (Å²) >= 11 is 0. The Balaban J connectivity index is -0.000000385. The zero-order valence-electron chi connectivity index (χ0n) is 20.1. The van der Waals surface area contributed by atoms with Crippen molar-refractivity contribution in [3.63, 3.8) is 0 Å². The average molecular weight is 404 g/mol. The SMILES string of the molecule is C#CC.C/C=C(C)\C=C/CC1=CC=CCC1.CC.CCOC(=O)[C@H](C)CC(C)N. The number of carbonyl (C=O) groups is 1. The van der Waals surface area contributed by atoms with Gasteiger partial charge in [-0.15, -0.1) is 12.3 Å². The first-order valence-corrected chi connectivity index (χ1v) is 10.8. The van der Waals surface area contributed by atoms with Crippen molar-refractivity contribution in [2.45, 2.75) is 87.1 Å². The summed E-state index contributed by atoms with van der Waals surface area (Å²) in [4.78, 5) is 11.0. The summed E-state index contributed by atoms with van der Waals surface area (Å²) in [5.41, 5.74) is 8.40. The summed E-state index contributed by atoms with van der Waals surface area (Å²) in [5, 5.41) is 0. The first-order chi connectivity index (χ1) is 13.8. The number of allylic oxidation sites excluding steroid dienone is 8. The van der Waals surface area contributed by atoms with Gasteiger partial charge in [0.25, 0.3) is 0 Å². The molecule has 0 fully saturated rings. The molecular formula is C26H45NO2. The summed E-state index contributed by atoms with van der Waals surface area (Å²) in [6, 6.07) is 0.0643. The van der Waals surface area contributed by atoms with Gasteiger partial charge < -0.3 is 10.5 Å². The lowest BCUT2D eigenvalue weighted by atomic mass is 10.0. The molecule has 0 heterocycles. The van der Waals surface area contributed by atoms with Crippen LogP contribution in [0.4, 0.5) is 0 Å². The molecule has 0 spiro atoms. The molecular weight excluding hydrogens is 358 g/mol. The molecule has 166 valence electrons. The highest BCUT2D eigenvalue weighted by Crippen LogP contribution is 2.15. The van der Waals surface area contributed by atoms with Crippen molar-refractivity contribution >= 4 is 5.97 Å². The van der Waals surface area contributed by atoms with E-state index in [1.807, 2.05) is 27.7 Å². The first-order valence-electron chi connectivity index (χ1n) is 10.8. The predicted molar refractivity (Wildman–Crippen MR) is 130 cm³/mol. The van der Waals surface area contributed by atoms with Crippen LogP contribution in [0.3, 0.4) is 0 Å². The summed E-state index contributed by atoms with van der Waals surface area (Å²) in [5.74, 6) is 2.03. The molecule has 1 aliphatic rings. The normalized spacial score (nSPS) is 14.5. The number of hydrogen-bond donors (Lipinski definition) is 1. The van der Waals surface area contributed by atoms with Crippen molar-refractivity contribution in [1.29, 1.82) is 0 Å². The maximum atomic E-state index is 11.0. The second-order valence-corrected chi connectivity index (χ2v) is 6.59. The molecule has 2 N–H and O–H groups in total. The quantitative estimate of drug-likeness (QED) is 0.290. The molecule has 0 saturated carbocycles. The molecule has 1 rings (SSSR count). The number of hydrogen-bond acceptors (Lipinski definition) is 3. The summed E-state index contributed by atoms with van der Waals surface area (Å²) in [7, 11) is 0. The van der Waals surface area contributed by atoms with E-state index in [1.165, 1.54) is 18.4 Å². The van der Waals surface area contributed by atoms with Gasteiger partial charge in [0.1, 0.15) is 0 Å². The minimum absolute atomic E-state index is 0.0643. The van der Waals surface area contributed by atoms with Crippen LogP contribution >= 0.6 is 0 Å².